The number of carbonyl (C=O) groups is 2. The van der Waals surface area contributed by atoms with Gasteiger partial charge in [0.15, 0.2) is 17.5 Å². The van der Waals surface area contributed by atoms with E-state index in [2.05, 4.69) is 20.2 Å². The first kappa shape index (κ1) is 21.0. The summed E-state index contributed by atoms with van der Waals surface area (Å²) >= 11 is 1.57. The summed E-state index contributed by atoms with van der Waals surface area (Å²) in [5.74, 6) is 0.291. The lowest BCUT2D eigenvalue weighted by Gasteiger charge is -2.34. The fourth-order valence-corrected chi connectivity index (χ4v) is 4.50. The fraction of sp³-hybridized carbons (Fsp3) is 0.217. The van der Waals surface area contributed by atoms with E-state index in [1.165, 1.54) is 6.26 Å². The third-order valence-corrected chi connectivity index (χ3v) is 6.30. The van der Waals surface area contributed by atoms with Crippen LogP contribution in [-0.4, -0.2) is 59.5 Å². The third kappa shape index (κ3) is 4.80. The summed E-state index contributed by atoms with van der Waals surface area (Å²) in [7, 11) is 0. The van der Waals surface area contributed by atoms with E-state index in [0.717, 1.165) is 15.5 Å². The van der Waals surface area contributed by atoms with Crippen molar-refractivity contribution in [1.82, 2.24) is 14.9 Å². The van der Waals surface area contributed by atoms with Crippen molar-refractivity contribution in [1.29, 1.82) is 0 Å². The number of nitrogens with zero attached hydrogens (tertiary/aromatic N) is 4. The molecule has 168 valence electrons. The van der Waals surface area contributed by atoms with E-state index in [0.29, 0.717) is 37.6 Å². The number of amides is 2. The SMILES string of the molecule is O=C(Nc1cccc(OCC(=O)N2CCN(c3nc4cccnc4s3)CC2)c1)c1ccco1. The average molecular weight is 464 g/mol. The molecule has 0 spiro atoms. The van der Waals surface area contributed by atoms with Gasteiger partial charge in [0.25, 0.3) is 11.8 Å². The average Bonchev–Trinajstić information content (AvgIpc) is 3.53. The first-order chi connectivity index (χ1) is 16.2. The number of fused-ring (bicyclic) bond motifs is 1. The number of nitrogens with one attached hydrogen (secondary N) is 1. The van der Waals surface area contributed by atoms with Gasteiger partial charge in [-0.15, -0.1) is 0 Å². The maximum Gasteiger partial charge on any atom is 0.291 e. The van der Waals surface area contributed by atoms with Crippen LogP contribution in [0.1, 0.15) is 10.6 Å². The minimum Gasteiger partial charge on any atom is -0.484 e. The van der Waals surface area contributed by atoms with Crippen molar-refractivity contribution < 1.29 is 18.7 Å². The van der Waals surface area contributed by atoms with E-state index < -0.39 is 0 Å². The Bertz CT molecular complexity index is 1230. The van der Waals surface area contributed by atoms with Crippen molar-refractivity contribution in [2.75, 3.05) is 43.0 Å². The van der Waals surface area contributed by atoms with Crippen LogP contribution in [0.3, 0.4) is 0 Å². The normalized spacial score (nSPS) is 13.8. The van der Waals surface area contributed by atoms with Crippen LogP contribution in [0, 0.1) is 0 Å². The molecule has 1 aromatic carbocycles. The van der Waals surface area contributed by atoms with E-state index in [-0.39, 0.29) is 24.2 Å². The highest BCUT2D eigenvalue weighted by atomic mass is 32.1. The van der Waals surface area contributed by atoms with Crippen molar-refractivity contribution in [3.05, 3.63) is 66.8 Å². The molecule has 0 saturated carbocycles. The molecule has 1 N–H and O–H groups in total. The zero-order valence-corrected chi connectivity index (χ0v) is 18.5. The molecule has 1 fully saturated rings. The van der Waals surface area contributed by atoms with Crippen LogP contribution in [-0.2, 0) is 4.79 Å². The summed E-state index contributed by atoms with van der Waals surface area (Å²) in [6.07, 6.45) is 3.21. The predicted molar refractivity (Wildman–Crippen MR) is 125 cm³/mol. The minimum atomic E-state index is -0.352. The van der Waals surface area contributed by atoms with Crippen LogP contribution in [0.15, 0.2) is 65.4 Å². The Morgan fingerprint density at radius 2 is 1.97 bits per heavy atom. The Hall–Kier alpha value is -3.92. The van der Waals surface area contributed by atoms with Gasteiger partial charge >= 0.3 is 0 Å². The number of benzene rings is 1. The van der Waals surface area contributed by atoms with E-state index in [9.17, 15) is 9.59 Å². The van der Waals surface area contributed by atoms with Gasteiger partial charge in [0.2, 0.25) is 0 Å². The molecule has 5 rings (SSSR count). The summed E-state index contributed by atoms with van der Waals surface area (Å²) in [5.41, 5.74) is 1.45. The Labute approximate surface area is 193 Å². The largest absolute Gasteiger partial charge is 0.484 e. The van der Waals surface area contributed by atoms with Gasteiger partial charge in [-0.05, 0) is 36.4 Å². The molecule has 3 aromatic heterocycles. The lowest BCUT2D eigenvalue weighted by Crippen LogP contribution is -2.50. The van der Waals surface area contributed by atoms with Crippen molar-refractivity contribution in [2.45, 2.75) is 0 Å². The molecule has 9 nitrogen and oxygen atoms in total. The number of carbonyl (C=O) groups excluding carboxylic acids is 2. The third-order valence-electron chi connectivity index (χ3n) is 5.26. The summed E-state index contributed by atoms with van der Waals surface area (Å²) in [4.78, 5) is 38.7. The second kappa shape index (κ2) is 9.29. The minimum absolute atomic E-state index is 0.0688. The zero-order valence-electron chi connectivity index (χ0n) is 17.6. The fourth-order valence-electron chi connectivity index (χ4n) is 3.54. The quantitative estimate of drug-likeness (QED) is 0.468. The molecule has 10 heteroatoms. The highest BCUT2D eigenvalue weighted by molar-refractivity contribution is 7.21. The van der Waals surface area contributed by atoms with Gasteiger partial charge in [0, 0.05) is 44.1 Å². The lowest BCUT2D eigenvalue weighted by molar-refractivity contribution is -0.133. The van der Waals surface area contributed by atoms with Gasteiger partial charge < -0.3 is 24.3 Å². The van der Waals surface area contributed by atoms with Crippen molar-refractivity contribution >= 4 is 44.3 Å². The number of ether oxygens (including phenoxy) is 1. The molecule has 2 amide bonds. The summed E-state index contributed by atoms with van der Waals surface area (Å²) < 4.78 is 10.8. The Kier molecular flexibility index (Phi) is 5.90. The molecule has 0 radical (unpaired) electrons. The van der Waals surface area contributed by atoms with Crippen LogP contribution in [0.5, 0.6) is 5.75 Å². The Balaban J connectivity index is 1.12. The maximum absolute atomic E-state index is 12.7. The molecular weight excluding hydrogens is 442 g/mol. The smallest absolute Gasteiger partial charge is 0.291 e. The van der Waals surface area contributed by atoms with Gasteiger partial charge in [-0.1, -0.05) is 17.4 Å². The van der Waals surface area contributed by atoms with Crippen molar-refractivity contribution in [3.63, 3.8) is 0 Å². The number of anilines is 2. The first-order valence-corrected chi connectivity index (χ1v) is 11.3. The van der Waals surface area contributed by atoms with Gasteiger partial charge in [-0.25, -0.2) is 9.97 Å². The molecule has 1 saturated heterocycles. The second-order valence-electron chi connectivity index (χ2n) is 7.44. The van der Waals surface area contributed by atoms with Crippen molar-refractivity contribution in [2.24, 2.45) is 0 Å². The highest BCUT2D eigenvalue weighted by Gasteiger charge is 2.23. The summed E-state index contributed by atoms with van der Waals surface area (Å²) in [6.45, 7) is 2.55. The van der Waals surface area contributed by atoms with E-state index in [1.54, 1.807) is 58.8 Å². The van der Waals surface area contributed by atoms with Crippen LogP contribution < -0.4 is 15.0 Å². The molecule has 0 unspecified atom stereocenters. The van der Waals surface area contributed by atoms with Crippen LogP contribution in [0.4, 0.5) is 10.8 Å². The molecular formula is C23H21N5O4S. The number of rotatable bonds is 6. The Morgan fingerprint density at radius 1 is 1.09 bits per heavy atom. The molecule has 0 bridgehead atoms. The molecule has 1 aliphatic rings. The number of thiazole rings is 1. The van der Waals surface area contributed by atoms with Gasteiger partial charge in [-0.3, -0.25) is 9.59 Å². The number of hydrogen-bond donors (Lipinski definition) is 1. The lowest BCUT2D eigenvalue weighted by atomic mass is 10.3. The standard InChI is InChI=1S/C23H21N5O4S/c29-20(15-32-17-5-1-4-16(14-17)25-21(30)19-7-3-13-31-19)27-9-11-28(12-10-27)23-26-18-6-2-8-24-22(18)33-23/h1-8,13-14H,9-12,15H2,(H,25,30). The first-order valence-electron chi connectivity index (χ1n) is 10.5. The molecule has 0 atom stereocenters. The zero-order chi connectivity index (χ0) is 22.6. The van der Waals surface area contributed by atoms with Gasteiger partial charge in [0.05, 0.1) is 6.26 Å². The van der Waals surface area contributed by atoms with Gasteiger partial charge in [0.1, 0.15) is 16.1 Å². The maximum atomic E-state index is 12.7. The summed E-state index contributed by atoms with van der Waals surface area (Å²) in [5, 5.41) is 3.67. The molecule has 1 aliphatic heterocycles. The van der Waals surface area contributed by atoms with Gasteiger partial charge in [-0.2, -0.15) is 0 Å². The summed E-state index contributed by atoms with van der Waals surface area (Å²) in [6, 6.07) is 14.0. The highest BCUT2D eigenvalue weighted by Crippen LogP contribution is 2.27. The van der Waals surface area contributed by atoms with E-state index in [4.69, 9.17) is 9.15 Å². The van der Waals surface area contributed by atoms with Crippen LogP contribution in [0.25, 0.3) is 10.3 Å². The van der Waals surface area contributed by atoms with E-state index >= 15 is 0 Å². The van der Waals surface area contributed by atoms with Crippen LogP contribution >= 0.6 is 11.3 Å². The number of piperazine rings is 1. The predicted octanol–water partition coefficient (Wildman–Crippen LogP) is 3.26. The molecule has 33 heavy (non-hydrogen) atoms. The number of pyridine rings is 1. The topological polar surface area (TPSA) is 101 Å². The van der Waals surface area contributed by atoms with E-state index in [1.807, 2.05) is 12.1 Å². The monoisotopic (exact) mass is 463 g/mol. The van der Waals surface area contributed by atoms with Crippen molar-refractivity contribution in [3.8, 4) is 5.75 Å². The molecule has 4 aromatic rings. The number of furan rings is 1. The second-order valence-corrected chi connectivity index (χ2v) is 8.40. The van der Waals surface area contributed by atoms with Crippen LogP contribution in [0.2, 0.25) is 0 Å². The Morgan fingerprint density at radius 3 is 2.76 bits per heavy atom. The molecule has 4 heterocycles. The number of aromatic nitrogens is 2. The molecule has 0 aliphatic carbocycles. The number of hydrogen-bond acceptors (Lipinski definition) is 8.